The number of aliphatic carboxylic acids is 1. The van der Waals surface area contributed by atoms with Crippen molar-refractivity contribution in [3.63, 3.8) is 0 Å². The fourth-order valence-corrected chi connectivity index (χ4v) is 6.23. The Bertz CT molecular complexity index is 1150. The van der Waals surface area contributed by atoms with E-state index in [4.69, 9.17) is 10.6 Å². The van der Waals surface area contributed by atoms with Crippen LogP contribution in [0.15, 0.2) is 44.5 Å². The second-order valence-corrected chi connectivity index (χ2v) is 9.84. The molecule has 1 saturated heterocycles. The number of pyridine rings is 1. The molecule has 2 aliphatic heterocycles. The number of oxime groups is 1. The van der Waals surface area contributed by atoms with Crippen molar-refractivity contribution in [2.75, 3.05) is 24.3 Å². The number of anilines is 1. The van der Waals surface area contributed by atoms with Gasteiger partial charge in [0.15, 0.2) is 10.1 Å². The molecule has 2 unspecified atom stereocenters. The normalized spacial score (nSPS) is 20.2. The van der Waals surface area contributed by atoms with Gasteiger partial charge < -0.3 is 21.0 Å². The van der Waals surface area contributed by atoms with E-state index in [0.717, 1.165) is 0 Å². The zero-order valence-corrected chi connectivity index (χ0v) is 19.4. The van der Waals surface area contributed by atoms with E-state index in [9.17, 15) is 19.5 Å². The van der Waals surface area contributed by atoms with Gasteiger partial charge in [-0.2, -0.15) is 0 Å². The van der Waals surface area contributed by atoms with Crippen LogP contribution in [0.5, 0.6) is 0 Å². The van der Waals surface area contributed by atoms with E-state index in [1.165, 1.54) is 52.9 Å². The Labute approximate surface area is 199 Å². The lowest BCUT2D eigenvalue weighted by Gasteiger charge is -2.49. The third-order valence-corrected chi connectivity index (χ3v) is 7.94. The van der Waals surface area contributed by atoms with Crippen molar-refractivity contribution in [3.05, 3.63) is 40.7 Å². The van der Waals surface area contributed by atoms with Gasteiger partial charge in [-0.1, -0.05) is 34.3 Å². The van der Waals surface area contributed by atoms with E-state index in [1.807, 2.05) is 0 Å². The minimum absolute atomic E-state index is 0.0606. The molecule has 15 heteroatoms. The summed E-state index contributed by atoms with van der Waals surface area (Å²) in [6.07, 6.45) is 0. The van der Waals surface area contributed by atoms with Crippen LogP contribution in [0.25, 0.3) is 0 Å². The Morgan fingerprint density at radius 2 is 2.27 bits per heavy atom. The smallest absolute Gasteiger partial charge is 0.352 e. The van der Waals surface area contributed by atoms with Crippen LogP contribution < -0.4 is 11.1 Å². The number of hydrogen-bond acceptors (Lipinski definition) is 12. The summed E-state index contributed by atoms with van der Waals surface area (Å²) >= 11 is 4.08. The number of nitrogens with zero attached hydrogens (tertiary/aromatic N) is 5. The van der Waals surface area contributed by atoms with Crippen molar-refractivity contribution < 1.29 is 24.3 Å². The van der Waals surface area contributed by atoms with Crippen molar-refractivity contribution in [1.29, 1.82) is 0 Å². The topological polar surface area (TPSA) is 173 Å². The molecule has 0 aromatic carbocycles. The van der Waals surface area contributed by atoms with Crippen molar-refractivity contribution in [1.82, 2.24) is 25.4 Å². The number of amides is 2. The highest BCUT2D eigenvalue weighted by atomic mass is 32.2. The highest BCUT2D eigenvalue weighted by molar-refractivity contribution is 8.01. The number of carboxylic acid groups (broad SMARTS) is 1. The molecular weight excluding hydrogens is 490 g/mol. The Morgan fingerprint density at radius 1 is 1.45 bits per heavy atom. The number of thioether (sulfide) groups is 2. The molecule has 2 atom stereocenters. The Kier molecular flexibility index (Phi) is 6.80. The van der Waals surface area contributed by atoms with Crippen LogP contribution in [0.4, 0.5) is 5.82 Å². The number of nitrogen functional groups attached to an aromatic ring is 1. The summed E-state index contributed by atoms with van der Waals surface area (Å²) in [5, 5.41) is 23.2. The largest absolute Gasteiger partial charge is 0.477 e. The third-order valence-electron chi connectivity index (χ3n) is 4.66. The molecule has 4 heterocycles. The molecular formula is C18H17N7O5S3. The lowest BCUT2D eigenvalue weighted by atomic mass is 10.0. The van der Waals surface area contributed by atoms with Gasteiger partial charge in [0.25, 0.3) is 11.8 Å². The third kappa shape index (κ3) is 4.65. The number of fused-ring (bicyclic) bond motifs is 1. The molecule has 4 N–H and O–H groups in total. The average Bonchev–Trinajstić information content (AvgIpc) is 3.32. The van der Waals surface area contributed by atoms with Gasteiger partial charge in [0.2, 0.25) is 0 Å². The van der Waals surface area contributed by atoms with E-state index in [-0.39, 0.29) is 22.9 Å². The molecule has 0 bridgehead atoms. The van der Waals surface area contributed by atoms with Crippen LogP contribution in [0.3, 0.4) is 0 Å². The first-order valence-corrected chi connectivity index (χ1v) is 12.3. The van der Waals surface area contributed by atoms with Crippen LogP contribution >= 0.6 is 34.9 Å². The molecule has 0 saturated carbocycles. The maximum absolute atomic E-state index is 12.9. The zero-order chi connectivity index (χ0) is 23.5. The fourth-order valence-electron chi connectivity index (χ4n) is 3.26. The highest BCUT2D eigenvalue weighted by Gasteiger charge is 2.54. The molecule has 0 spiro atoms. The molecule has 2 aliphatic rings. The van der Waals surface area contributed by atoms with E-state index in [0.29, 0.717) is 21.4 Å². The van der Waals surface area contributed by atoms with Crippen LogP contribution in [0.1, 0.15) is 5.69 Å². The maximum Gasteiger partial charge on any atom is 0.352 e. The average molecular weight is 508 g/mol. The zero-order valence-electron chi connectivity index (χ0n) is 17.0. The number of rotatable bonds is 8. The lowest BCUT2D eigenvalue weighted by molar-refractivity contribution is -0.150. The molecule has 0 radical (unpaired) electrons. The fraction of sp³-hybridized carbons (Fsp3) is 0.278. The molecule has 1 fully saturated rings. The minimum Gasteiger partial charge on any atom is -0.477 e. The van der Waals surface area contributed by atoms with Gasteiger partial charge in [0, 0.05) is 11.5 Å². The summed E-state index contributed by atoms with van der Waals surface area (Å²) < 4.78 is 0.708. The Hall–Kier alpha value is -3.17. The van der Waals surface area contributed by atoms with E-state index < -0.39 is 29.2 Å². The second kappa shape index (κ2) is 9.76. The molecule has 2 amide bonds. The standard InChI is InChI=1S/C18H17N7O5S3/c1-30-24-11(9-3-2-4-10(19)21-9)14(26)22-12-15(27)25-13(17(28)29)8(5-31-16(12)25)6-32-18-23-20-7-33-18/h2-4,7,12,16H,5-6H2,1H3,(H2,19,21)(H,22,26)(H,28,29)/b24-11+. The predicted molar refractivity (Wildman–Crippen MR) is 123 cm³/mol. The van der Waals surface area contributed by atoms with Gasteiger partial charge in [-0.25, -0.2) is 9.78 Å². The number of nitrogens with two attached hydrogens (primary N) is 1. The van der Waals surface area contributed by atoms with Crippen molar-refractivity contribution >= 4 is 64.2 Å². The van der Waals surface area contributed by atoms with Gasteiger partial charge in [0.05, 0.1) is 0 Å². The van der Waals surface area contributed by atoms with Crippen LogP contribution in [0, 0.1) is 0 Å². The molecule has 33 heavy (non-hydrogen) atoms. The molecule has 2 aromatic rings. The number of carbonyl (C=O) groups is 3. The molecule has 172 valence electrons. The SMILES string of the molecule is CO/N=C(/C(=O)NC1C(=O)N2C(C(=O)O)=C(CSc3nncs3)CSC12)c1cccc(N)n1. The number of aromatic nitrogens is 3. The lowest BCUT2D eigenvalue weighted by Crippen LogP contribution is -2.71. The van der Waals surface area contributed by atoms with Gasteiger partial charge in [-0.15, -0.1) is 22.0 Å². The summed E-state index contributed by atoms with van der Waals surface area (Å²) in [4.78, 5) is 47.7. The van der Waals surface area contributed by atoms with E-state index >= 15 is 0 Å². The van der Waals surface area contributed by atoms with Crippen molar-refractivity contribution in [2.45, 2.75) is 15.8 Å². The van der Waals surface area contributed by atoms with E-state index in [1.54, 1.807) is 17.6 Å². The first-order valence-electron chi connectivity index (χ1n) is 9.34. The second-order valence-electron chi connectivity index (χ2n) is 6.68. The van der Waals surface area contributed by atoms with Crippen LogP contribution in [-0.4, -0.2) is 78.7 Å². The van der Waals surface area contributed by atoms with Gasteiger partial charge >= 0.3 is 5.97 Å². The van der Waals surface area contributed by atoms with Crippen molar-refractivity contribution in [3.8, 4) is 0 Å². The monoisotopic (exact) mass is 507 g/mol. The molecule has 4 rings (SSSR count). The van der Waals surface area contributed by atoms with Gasteiger partial charge in [0.1, 0.15) is 41.2 Å². The molecule has 12 nitrogen and oxygen atoms in total. The first kappa shape index (κ1) is 23.0. The highest BCUT2D eigenvalue weighted by Crippen LogP contribution is 2.41. The van der Waals surface area contributed by atoms with Gasteiger partial charge in [-0.05, 0) is 17.7 Å². The minimum atomic E-state index is -1.20. The van der Waals surface area contributed by atoms with Gasteiger partial charge in [-0.3, -0.25) is 14.5 Å². The predicted octanol–water partition coefficient (Wildman–Crippen LogP) is 0.397. The molecule has 0 aliphatic carbocycles. The Balaban J connectivity index is 1.50. The van der Waals surface area contributed by atoms with Crippen LogP contribution in [-0.2, 0) is 19.2 Å². The summed E-state index contributed by atoms with van der Waals surface area (Å²) in [6.45, 7) is 0. The summed E-state index contributed by atoms with van der Waals surface area (Å²) in [6, 6.07) is 3.77. The van der Waals surface area contributed by atoms with Crippen molar-refractivity contribution in [2.24, 2.45) is 5.16 Å². The number of hydrogen-bond donors (Lipinski definition) is 3. The van der Waals surface area contributed by atoms with E-state index in [2.05, 4.69) is 25.7 Å². The summed E-state index contributed by atoms with van der Waals surface area (Å²) in [7, 11) is 1.28. The number of carbonyl (C=O) groups excluding carboxylic acids is 2. The quantitative estimate of drug-likeness (QED) is 0.195. The Morgan fingerprint density at radius 3 is 2.94 bits per heavy atom. The molecule has 2 aromatic heterocycles. The number of carboxylic acids is 1. The summed E-state index contributed by atoms with van der Waals surface area (Å²) in [5.74, 6) is -1.46. The summed E-state index contributed by atoms with van der Waals surface area (Å²) in [5.41, 5.74) is 7.84. The number of nitrogens with one attached hydrogen (secondary N) is 1. The first-order chi connectivity index (χ1) is 15.9. The van der Waals surface area contributed by atoms with Crippen LogP contribution in [0.2, 0.25) is 0 Å². The number of β-lactam (4-membered cyclic amide) rings is 1. The maximum atomic E-state index is 12.9.